The van der Waals surface area contributed by atoms with Gasteiger partial charge in [-0.25, -0.2) is 4.39 Å². The molecule has 0 aliphatic rings. The van der Waals surface area contributed by atoms with Gasteiger partial charge in [-0.2, -0.15) is 0 Å². The average molecular weight is 294 g/mol. The van der Waals surface area contributed by atoms with Crippen LogP contribution in [0.4, 0.5) is 4.39 Å². The normalized spacial score (nSPS) is 12.2. The number of nitrogens with two attached hydrogens (primary N) is 1. The van der Waals surface area contributed by atoms with Crippen molar-refractivity contribution in [1.82, 2.24) is 0 Å². The van der Waals surface area contributed by atoms with Crippen LogP contribution in [-0.2, 0) is 6.42 Å². The molecular formula is C16H17ClFNO. The number of hydrogen-bond acceptors (Lipinski definition) is 2. The molecule has 0 fully saturated rings. The second-order valence-electron chi connectivity index (χ2n) is 4.70. The van der Waals surface area contributed by atoms with E-state index in [1.807, 2.05) is 25.1 Å². The Hall–Kier alpha value is -1.58. The first-order valence-corrected chi connectivity index (χ1v) is 6.74. The Balaban J connectivity index is 2.28. The predicted octanol–water partition coefficient (Wildman–Crippen LogP) is 4.04. The predicted molar refractivity (Wildman–Crippen MR) is 79.8 cm³/mol. The summed E-state index contributed by atoms with van der Waals surface area (Å²) in [6, 6.07) is 10.4. The molecule has 1 unspecified atom stereocenters. The van der Waals surface area contributed by atoms with Gasteiger partial charge in [-0.05, 0) is 42.2 Å². The van der Waals surface area contributed by atoms with E-state index in [0.717, 1.165) is 11.1 Å². The number of rotatable bonds is 4. The molecule has 4 heteroatoms. The van der Waals surface area contributed by atoms with E-state index in [0.29, 0.717) is 17.0 Å². The molecule has 0 bridgehead atoms. The van der Waals surface area contributed by atoms with E-state index in [1.165, 1.54) is 7.11 Å². The number of halogens is 2. The van der Waals surface area contributed by atoms with Crippen LogP contribution in [0.5, 0.6) is 5.75 Å². The van der Waals surface area contributed by atoms with Gasteiger partial charge in [-0.1, -0.05) is 35.9 Å². The van der Waals surface area contributed by atoms with Crippen LogP contribution in [0.2, 0.25) is 5.02 Å². The minimum Gasteiger partial charge on any atom is -0.494 e. The maximum atomic E-state index is 14.1. The lowest BCUT2D eigenvalue weighted by molar-refractivity contribution is 0.383. The molecule has 0 saturated carbocycles. The molecule has 20 heavy (non-hydrogen) atoms. The first-order valence-electron chi connectivity index (χ1n) is 6.36. The van der Waals surface area contributed by atoms with E-state index in [4.69, 9.17) is 22.1 Å². The van der Waals surface area contributed by atoms with Gasteiger partial charge < -0.3 is 10.5 Å². The highest BCUT2D eigenvalue weighted by Gasteiger charge is 2.15. The minimum atomic E-state index is -0.356. The van der Waals surface area contributed by atoms with E-state index in [9.17, 15) is 4.39 Å². The summed E-state index contributed by atoms with van der Waals surface area (Å²) in [5, 5.41) is 0.670. The highest BCUT2D eigenvalue weighted by atomic mass is 35.5. The average Bonchev–Trinajstić information content (AvgIpc) is 2.44. The van der Waals surface area contributed by atoms with Crippen LogP contribution < -0.4 is 10.5 Å². The SMILES string of the molecule is COc1cccc(CC(N)c2cccc(Cl)c2C)c1F. The number of benzene rings is 2. The molecule has 0 aliphatic carbocycles. The molecule has 2 N–H and O–H groups in total. The number of ether oxygens (including phenoxy) is 1. The lowest BCUT2D eigenvalue weighted by Gasteiger charge is -2.16. The fraction of sp³-hybridized carbons (Fsp3) is 0.250. The first-order chi connectivity index (χ1) is 9.54. The highest BCUT2D eigenvalue weighted by Crippen LogP contribution is 2.27. The Morgan fingerprint density at radius 1 is 1.25 bits per heavy atom. The summed E-state index contributed by atoms with van der Waals surface area (Å²) in [6.45, 7) is 1.92. The van der Waals surface area contributed by atoms with Gasteiger partial charge in [-0.3, -0.25) is 0 Å². The van der Waals surface area contributed by atoms with Crippen LogP contribution in [-0.4, -0.2) is 7.11 Å². The van der Waals surface area contributed by atoms with Crippen LogP contribution in [0, 0.1) is 12.7 Å². The lowest BCUT2D eigenvalue weighted by atomic mass is 9.96. The molecule has 0 radical (unpaired) electrons. The maximum Gasteiger partial charge on any atom is 0.168 e. The van der Waals surface area contributed by atoms with Crippen LogP contribution in [0.3, 0.4) is 0 Å². The lowest BCUT2D eigenvalue weighted by Crippen LogP contribution is -2.15. The van der Waals surface area contributed by atoms with Crippen molar-refractivity contribution >= 4 is 11.6 Å². The summed E-state index contributed by atoms with van der Waals surface area (Å²) in [7, 11) is 1.45. The molecule has 0 spiro atoms. The summed E-state index contributed by atoms with van der Waals surface area (Å²) >= 11 is 6.09. The summed E-state index contributed by atoms with van der Waals surface area (Å²) in [5.74, 6) is -0.123. The third kappa shape index (κ3) is 2.94. The van der Waals surface area contributed by atoms with Crippen molar-refractivity contribution in [2.45, 2.75) is 19.4 Å². The largest absolute Gasteiger partial charge is 0.494 e. The molecule has 1 atom stereocenters. The van der Waals surface area contributed by atoms with E-state index in [-0.39, 0.29) is 17.6 Å². The topological polar surface area (TPSA) is 35.2 Å². The summed E-state index contributed by atoms with van der Waals surface area (Å²) in [6.07, 6.45) is 0.393. The second kappa shape index (κ2) is 6.25. The van der Waals surface area contributed by atoms with Crippen molar-refractivity contribution < 1.29 is 9.13 Å². The van der Waals surface area contributed by atoms with Crippen LogP contribution in [0.15, 0.2) is 36.4 Å². The van der Waals surface area contributed by atoms with E-state index < -0.39 is 0 Å². The molecule has 2 aromatic rings. The Morgan fingerprint density at radius 2 is 1.95 bits per heavy atom. The second-order valence-corrected chi connectivity index (χ2v) is 5.11. The van der Waals surface area contributed by atoms with E-state index in [2.05, 4.69) is 0 Å². The Labute approximate surface area is 123 Å². The van der Waals surface area contributed by atoms with Crippen LogP contribution in [0.1, 0.15) is 22.7 Å². The van der Waals surface area contributed by atoms with E-state index >= 15 is 0 Å². The molecule has 2 rings (SSSR count). The summed E-state index contributed by atoms with van der Waals surface area (Å²) < 4.78 is 19.1. The molecule has 0 aromatic heterocycles. The van der Waals surface area contributed by atoms with Gasteiger partial charge in [0.25, 0.3) is 0 Å². The summed E-state index contributed by atoms with van der Waals surface area (Å²) in [5.41, 5.74) is 8.59. The van der Waals surface area contributed by atoms with Gasteiger partial charge in [0.1, 0.15) is 0 Å². The zero-order valence-corrected chi connectivity index (χ0v) is 12.2. The number of hydrogen-bond donors (Lipinski definition) is 1. The van der Waals surface area contributed by atoms with Crippen LogP contribution >= 0.6 is 11.6 Å². The van der Waals surface area contributed by atoms with Gasteiger partial charge in [0.15, 0.2) is 11.6 Å². The quantitative estimate of drug-likeness (QED) is 0.923. The van der Waals surface area contributed by atoms with Crippen LogP contribution in [0.25, 0.3) is 0 Å². The minimum absolute atomic E-state index is 0.234. The van der Waals surface area contributed by atoms with Gasteiger partial charge in [0.2, 0.25) is 0 Å². The fourth-order valence-corrected chi connectivity index (χ4v) is 2.43. The summed E-state index contributed by atoms with van der Waals surface area (Å²) in [4.78, 5) is 0. The molecule has 0 aliphatic heterocycles. The Kier molecular flexibility index (Phi) is 4.63. The third-order valence-electron chi connectivity index (χ3n) is 3.41. The van der Waals surface area contributed by atoms with Gasteiger partial charge >= 0.3 is 0 Å². The standard InChI is InChI=1S/C16H17ClFNO/c1-10-12(6-4-7-13(10)17)14(19)9-11-5-3-8-15(20-2)16(11)18/h3-8,14H,9,19H2,1-2H3. The molecular weight excluding hydrogens is 277 g/mol. The maximum absolute atomic E-state index is 14.1. The molecule has 0 heterocycles. The smallest absolute Gasteiger partial charge is 0.168 e. The van der Waals surface area contributed by atoms with Crippen molar-refractivity contribution in [2.24, 2.45) is 5.73 Å². The Morgan fingerprint density at radius 3 is 2.65 bits per heavy atom. The van der Waals surface area contributed by atoms with Gasteiger partial charge in [-0.15, -0.1) is 0 Å². The highest BCUT2D eigenvalue weighted by molar-refractivity contribution is 6.31. The van der Waals surface area contributed by atoms with Gasteiger partial charge in [0.05, 0.1) is 7.11 Å². The van der Waals surface area contributed by atoms with Gasteiger partial charge in [0, 0.05) is 11.1 Å². The Bertz CT molecular complexity index is 615. The zero-order valence-electron chi connectivity index (χ0n) is 11.5. The van der Waals surface area contributed by atoms with Crippen molar-refractivity contribution in [3.8, 4) is 5.75 Å². The van der Waals surface area contributed by atoms with E-state index in [1.54, 1.807) is 18.2 Å². The van der Waals surface area contributed by atoms with Crippen molar-refractivity contribution in [3.05, 3.63) is 63.9 Å². The molecule has 106 valence electrons. The third-order valence-corrected chi connectivity index (χ3v) is 3.82. The molecule has 2 aromatic carbocycles. The number of methoxy groups -OCH3 is 1. The fourth-order valence-electron chi connectivity index (χ4n) is 2.24. The molecule has 2 nitrogen and oxygen atoms in total. The van der Waals surface area contributed by atoms with Crippen molar-refractivity contribution in [1.29, 1.82) is 0 Å². The first kappa shape index (κ1) is 14.8. The monoisotopic (exact) mass is 293 g/mol. The van der Waals surface area contributed by atoms with Crippen molar-refractivity contribution in [3.63, 3.8) is 0 Å². The van der Waals surface area contributed by atoms with Crippen molar-refractivity contribution in [2.75, 3.05) is 7.11 Å². The zero-order chi connectivity index (χ0) is 14.7. The molecule has 0 saturated heterocycles. The molecule has 0 amide bonds.